The summed E-state index contributed by atoms with van der Waals surface area (Å²) in [4.78, 5) is 23.4. The average molecular weight is 253 g/mol. The van der Waals surface area contributed by atoms with E-state index >= 15 is 0 Å². The van der Waals surface area contributed by atoms with Crippen molar-refractivity contribution in [2.45, 2.75) is 18.4 Å². The van der Waals surface area contributed by atoms with E-state index in [4.69, 9.17) is 5.21 Å². The Balaban J connectivity index is 2.41. The number of aliphatic hydroxyl groups excluding tert-OH is 1. The Hall–Kier alpha value is -1.43. The van der Waals surface area contributed by atoms with Crippen LogP contribution in [-0.4, -0.2) is 53.4 Å². The number of hydrogen-bond acceptors (Lipinski definition) is 7. The molecule has 0 bridgehead atoms. The van der Waals surface area contributed by atoms with Crippen LogP contribution in [0.1, 0.15) is 0 Å². The Morgan fingerprint density at radius 2 is 2.06 bits per heavy atom. The summed E-state index contributed by atoms with van der Waals surface area (Å²) in [6, 6.07) is -3.83. The summed E-state index contributed by atoms with van der Waals surface area (Å²) in [6.07, 6.45) is -1.61. The zero-order valence-electron chi connectivity index (χ0n) is 7.52. The van der Waals surface area contributed by atoms with Gasteiger partial charge in [-0.2, -0.15) is 12.7 Å². The summed E-state index contributed by atoms with van der Waals surface area (Å²) < 4.78 is 26.9. The molecule has 90 valence electrons. The normalized spacial score (nSPS) is 33.6. The number of carbonyl (C=O) groups excluding carboxylic acids is 2. The lowest BCUT2D eigenvalue weighted by Crippen LogP contribution is -2.48. The molecule has 11 heteroatoms. The van der Waals surface area contributed by atoms with Crippen molar-refractivity contribution in [3.63, 3.8) is 0 Å². The van der Waals surface area contributed by atoms with Crippen molar-refractivity contribution in [2.24, 2.45) is 0 Å². The zero-order valence-corrected chi connectivity index (χ0v) is 8.34. The number of aliphatic hydroxyl groups is 1. The Labute approximate surface area is 88.9 Å². The van der Waals surface area contributed by atoms with Gasteiger partial charge in [0.1, 0.15) is 6.04 Å². The van der Waals surface area contributed by atoms with Crippen LogP contribution in [0.4, 0.5) is 4.79 Å². The fraction of sp³-hybridized carbons (Fsp3) is 0.600. The molecule has 2 amide bonds. The van der Waals surface area contributed by atoms with Gasteiger partial charge in [-0.15, -0.1) is 0 Å². The number of nitrogens with one attached hydrogen (secondary N) is 2. The zero-order chi connectivity index (χ0) is 12.1. The Morgan fingerprint density at radius 1 is 1.44 bits per heavy atom. The van der Waals surface area contributed by atoms with E-state index in [1.54, 1.807) is 0 Å². The van der Waals surface area contributed by atoms with Crippen LogP contribution in [-0.2, 0) is 19.7 Å². The molecule has 0 aromatic rings. The monoisotopic (exact) mass is 253 g/mol. The van der Waals surface area contributed by atoms with Crippen LogP contribution in [0.25, 0.3) is 0 Å². The molecule has 0 unspecified atom stereocenters. The molecular formula is C5H7N3O7S. The minimum atomic E-state index is -4.54. The molecule has 2 rings (SSSR count). The molecule has 2 heterocycles. The van der Waals surface area contributed by atoms with Gasteiger partial charge < -0.3 is 20.4 Å². The third kappa shape index (κ3) is 1.33. The molecule has 2 aliphatic heterocycles. The molecule has 0 aliphatic carbocycles. The molecule has 0 aromatic carbocycles. The second-order valence-corrected chi connectivity index (χ2v) is 4.67. The van der Waals surface area contributed by atoms with Gasteiger partial charge in [0.15, 0.2) is 6.04 Å². The predicted octanol–water partition coefficient (Wildman–Crippen LogP) is -3.15. The number of cyclic esters (lactones) is 1. The van der Waals surface area contributed by atoms with Crippen molar-refractivity contribution in [3.05, 3.63) is 0 Å². The second kappa shape index (κ2) is 3.28. The first kappa shape index (κ1) is 11.1. The maximum absolute atomic E-state index is 11.3. The van der Waals surface area contributed by atoms with E-state index in [1.807, 2.05) is 5.32 Å². The first-order chi connectivity index (χ1) is 7.38. The molecule has 2 fully saturated rings. The lowest BCUT2D eigenvalue weighted by atomic mass is 10.2. The molecule has 16 heavy (non-hydrogen) atoms. The molecule has 0 aromatic heterocycles. The Bertz CT molecular complexity index is 447. The number of hydrogen-bond donors (Lipinski definition) is 4. The molecule has 0 spiro atoms. The third-order valence-corrected chi connectivity index (χ3v) is 3.38. The quantitative estimate of drug-likeness (QED) is 0.300. The minimum Gasteiger partial charge on any atom is -0.432 e. The molecule has 2 aliphatic rings. The molecule has 10 nitrogen and oxygen atoms in total. The van der Waals surface area contributed by atoms with Crippen LogP contribution in [0.5, 0.6) is 0 Å². The molecule has 4 N–H and O–H groups in total. The summed E-state index contributed by atoms with van der Waals surface area (Å²) in [7, 11) is -4.54. The van der Waals surface area contributed by atoms with Gasteiger partial charge in [-0.05, 0) is 0 Å². The van der Waals surface area contributed by atoms with E-state index < -0.39 is 40.6 Å². The summed E-state index contributed by atoms with van der Waals surface area (Å²) >= 11 is 0. The molecule has 2 saturated heterocycles. The number of esters is 1. The highest BCUT2D eigenvalue weighted by molar-refractivity contribution is 7.87. The smallest absolute Gasteiger partial charge is 0.335 e. The van der Waals surface area contributed by atoms with E-state index in [0.29, 0.717) is 0 Å². The summed E-state index contributed by atoms with van der Waals surface area (Å²) in [5, 5.41) is 19.6. The Morgan fingerprint density at radius 3 is 2.62 bits per heavy atom. The molecule has 0 radical (unpaired) electrons. The lowest BCUT2D eigenvalue weighted by Gasteiger charge is -2.16. The van der Waals surface area contributed by atoms with Gasteiger partial charge in [-0.1, -0.05) is 4.89 Å². The largest absolute Gasteiger partial charge is 0.432 e. The van der Waals surface area contributed by atoms with Gasteiger partial charge in [0.25, 0.3) is 0 Å². The van der Waals surface area contributed by atoms with Crippen LogP contribution >= 0.6 is 0 Å². The maximum atomic E-state index is 11.3. The molecule has 3 atom stereocenters. The van der Waals surface area contributed by atoms with E-state index in [1.165, 1.54) is 0 Å². The van der Waals surface area contributed by atoms with Crippen molar-refractivity contribution in [1.82, 2.24) is 14.5 Å². The molecule has 0 saturated carbocycles. The minimum absolute atomic E-state index is 0.0796. The number of ether oxygens (including phenoxy) is 1. The highest BCUT2D eigenvalue weighted by Gasteiger charge is 2.58. The van der Waals surface area contributed by atoms with Crippen molar-refractivity contribution < 1.29 is 33.1 Å². The van der Waals surface area contributed by atoms with Gasteiger partial charge in [0, 0.05) is 0 Å². The van der Waals surface area contributed by atoms with Crippen molar-refractivity contribution in [2.75, 3.05) is 0 Å². The first-order valence-electron chi connectivity index (χ1n) is 4.03. The maximum Gasteiger partial charge on any atom is 0.335 e. The number of carbonyl (C=O) groups is 2. The second-order valence-electron chi connectivity index (χ2n) is 3.14. The van der Waals surface area contributed by atoms with Gasteiger partial charge >= 0.3 is 22.2 Å². The number of urea groups is 1. The summed E-state index contributed by atoms with van der Waals surface area (Å²) in [5.41, 5.74) is 0. The van der Waals surface area contributed by atoms with E-state index in [2.05, 4.69) is 4.74 Å². The highest BCUT2D eigenvalue weighted by Crippen LogP contribution is 2.26. The average Bonchev–Trinajstić information content (AvgIpc) is 2.66. The topological polar surface area (TPSA) is 145 Å². The standard InChI is InChI=1S/C5H7N3O7S/c9-3-1-2(4(10)15-3)8(5(11)6-1)16(13,14)7-12/h1-3,7,9,12H,(H,6,11)/t1-,2+,3-/m1/s1. The van der Waals surface area contributed by atoms with Crippen LogP contribution in [0.3, 0.4) is 0 Å². The van der Waals surface area contributed by atoms with Crippen molar-refractivity contribution in [1.29, 1.82) is 0 Å². The van der Waals surface area contributed by atoms with Gasteiger partial charge in [-0.3, -0.25) is 0 Å². The number of fused-ring (bicyclic) bond motifs is 1. The van der Waals surface area contributed by atoms with Crippen molar-refractivity contribution in [3.8, 4) is 0 Å². The first-order valence-corrected chi connectivity index (χ1v) is 5.47. The Kier molecular flexibility index (Phi) is 2.27. The van der Waals surface area contributed by atoms with E-state index in [-0.39, 0.29) is 4.31 Å². The SMILES string of the molecule is O=C1O[C@@H](O)[C@@H]2NC(=O)N(S(=O)(=O)NO)[C@H]12. The van der Waals surface area contributed by atoms with Crippen LogP contribution in [0, 0.1) is 0 Å². The number of rotatable bonds is 2. The highest BCUT2D eigenvalue weighted by atomic mass is 32.2. The molecular weight excluding hydrogens is 246 g/mol. The lowest BCUT2D eigenvalue weighted by molar-refractivity contribution is -0.156. The van der Waals surface area contributed by atoms with Gasteiger partial charge in [-0.25, -0.2) is 9.59 Å². The van der Waals surface area contributed by atoms with E-state index in [9.17, 15) is 23.1 Å². The van der Waals surface area contributed by atoms with Gasteiger partial charge in [0.05, 0.1) is 0 Å². The van der Waals surface area contributed by atoms with Crippen LogP contribution < -0.4 is 10.2 Å². The van der Waals surface area contributed by atoms with E-state index in [0.717, 1.165) is 4.89 Å². The third-order valence-electron chi connectivity index (χ3n) is 2.24. The number of nitrogens with zero attached hydrogens (tertiary/aromatic N) is 1. The van der Waals surface area contributed by atoms with Gasteiger partial charge in [0.2, 0.25) is 6.29 Å². The predicted molar refractivity (Wildman–Crippen MR) is 43.9 cm³/mol. The fourth-order valence-electron chi connectivity index (χ4n) is 1.59. The van der Waals surface area contributed by atoms with Crippen molar-refractivity contribution >= 4 is 22.2 Å². The van der Waals surface area contributed by atoms with Crippen LogP contribution in [0.15, 0.2) is 0 Å². The number of amides is 2. The summed E-state index contributed by atoms with van der Waals surface area (Å²) in [5.74, 6) is -1.07. The fourth-order valence-corrected chi connectivity index (χ4v) is 2.47. The summed E-state index contributed by atoms with van der Waals surface area (Å²) in [6.45, 7) is 0. The van der Waals surface area contributed by atoms with Crippen LogP contribution in [0.2, 0.25) is 0 Å².